The third-order valence-corrected chi connectivity index (χ3v) is 4.60. The lowest BCUT2D eigenvalue weighted by Crippen LogP contribution is -2.53. The van der Waals surface area contributed by atoms with E-state index in [4.69, 9.17) is 22.1 Å². The van der Waals surface area contributed by atoms with E-state index in [1.807, 2.05) is 23.1 Å². The zero-order valence-corrected chi connectivity index (χ0v) is 15.6. The zero-order chi connectivity index (χ0) is 17.7. The fourth-order valence-corrected chi connectivity index (χ4v) is 3.28. The summed E-state index contributed by atoms with van der Waals surface area (Å²) in [6.45, 7) is 8.03. The van der Waals surface area contributed by atoms with Crippen molar-refractivity contribution in [3.63, 3.8) is 0 Å². The van der Waals surface area contributed by atoms with Gasteiger partial charge in [0.15, 0.2) is 0 Å². The molecule has 0 bridgehead atoms. The molecular weight excluding hydrogens is 326 g/mol. The topological polar surface area (TPSA) is 58.8 Å². The van der Waals surface area contributed by atoms with Gasteiger partial charge in [-0.1, -0.05) is 25.4 Å². The standard InChI is InChI=1S/C18H28ClN3O2/c1-13(2)10-16(20)18(23)22-8-6-21(7-9-22)12-14-11-15(19)4-5-17(14)24-3/h4-5,11,13,16H,6-10,12,20H2,1-3H3/t16-/m0/s1. The number of nitrogens with zero attached hydrogens (tertiary/aromatic N) is 2. The molecule has 1 fully saturated rings. The normalized spacial score (nSPS) is 17.2. The van der Waals surface area contributed by atoms with Crippen LogP contribution in [0.3, 0.4) is 0 Å². The Morgan fingerprint density at radius 3 is 2.54 bits per heavy atom. The number of hydrogen-bond acceptors (Lipinski definition) is 4. The Kier molecular flexibility index (Phi) is 6.90. The largest absolute Gasteiger partial charge is 0.496 e. The van der Waals surface area contributed by atoms with E-state index in [-0.39, 0.29) is 11.9 Å². The Morgan fingerprint density at radius 2 is 1.96 bits per heavy atom. The van der Waals surface area contributed by atoms with Gasteiger partial charge in [-0.05, 0) is 30.5 Å². The first-order valence-corrected chi connectivity index (χ1v) is 8.87. The fraction of sp³-hybridized carbons (Fsp3) is 0.611. The van der Waals surface area contributed by atoms with Gasteiger partial charge in [0, 0.05) is 43.3 Å². The molecule has 0 radical (unpaired) electrons. The first kappa shape index (κ1) is 19.0. The lowest BCUT2D eigenvalue weighted by atomic mass is 10.0. The summed E-state index contributed by atoms with van der Waals surface area (Å²) in [5.74, 6) is 1.35. The molecule has 0 saturated carbocycles. The molecule has 1 amide bonds. The van der Waals surface area contributed by atoms with Crippen LogP contribution in [0.2, 0.25) is 5.02 Å². The van der Waals surface area contributed by atoms with E-state index in [0.29, 0.717) is 24.0 Å². The van der Waals surface area contributed by atoms with E-state index in [1.54, 1.807) is 7.11 Å². The summed E-state index contributed by atoms with van der Waals surface area (Å²) >= 11 is 6.09. The van der Waals surface area contributed by atoms with Gasteiger partial charge >= 0.3 is 0 Å². The van der Waals surface area contributed by atoms with E-state index in [0.717, 1.165) is 37.4 Å². The summed E-state index contributed by atoms with van der Waals surface area (Å²) in [5, 5.41) is 0.708. The maximum absolute atomic E-state index is 12.4. The van der Waals surface area contributed by atoms with E-state index in [9.17, 15) is 4.79 Å². The van der Waals surface area contributed by atoms with Crippen molar-refractivity contribution >= 4 is 17.5 Å². The average Bonchev–Trinajstić information content (AvgIpc) is 2.54. The van der Waals surface area contributed by atoms with Gasteiger partial charge < -0.3 is 15.4 Å². The van der Waals surface area contributed by atoms with Crippen molar-refractivity contribution < 1.29 is 9.53 Å². The second kappa shape index (κ2) is 8.70. The van der Waals surface area contributed by atoms with E-state index in [1.165, 1.54) is 0 Å². The number of methoxy groups -OCH3 is 1. The number of carbonyl (C=O) groups is 1. The second-order valence-corrected chi connectivity index (χ2v) is 7.23. The minimum atomic E-state index is -0.385. The molecule has 24 heavy (non-hydrogen) atoms. The van der Waals surface area contributed by atoms with Gasteiger partial charge in [-0.15, -0.1) is 0 Å². The quantitative estimate of drug-likeness (QED) is 0.853. The van der Waals surface area contributed by atoms with Gasteiger partial charge in [0.05, 0.1) is 13.2 Å². The highest BCUT2D eigenvalue weighted by Crippen LogP contribution is 2.24. The number of benzene rings is 1. The molecule has 2 rings (SSSR count). The Hall–Kier alpha value is -1.30. The van der Waals surface area contributed by atoms with Gasteiger partial charge in [0.25, 0.3) is 0 Å². The summed E-state index contributed by atoms with van der Waals surface area (Å²) in [7, 11) is 1.67. The molecule has 0 aliphatic carbocycles. The van der Waals surface area contributed by atoms with Crippen LogP contribution >= 0.6 is 11.6 Å². The van der Waals surface area contributed by atoms with Crippen LogP contribution in [0.1, 0.15) is 25.8 Å². The van der Waals surface area contributed by atoms with Crippen LogP contribution in [0.5, 0.6) is 5.75 Å². The highest BCUT2D eigenvalue weighted by atomic mass is 35.5. The number of amides is 1. The number of halogens is 1. The van der Waals surface area contributed by atoms with Crippen LogP contribution in [-0.4, -0.2) is 55.0 Å². The van der Waals surface area contributed by atoms with Gasteiger partial charge in [0.1, 0.15) is 5.75 Å². The first-order valence-electron chi connectivity index (χ1n) is 8.50. The zero-order valence-electron chi connectivity index (χ0n) is 14.8. The maximum Gasteiger partial charge on any atom is 0.239 e. The summed E-state index contributed by atoms with van der Waals surface area (Å²) in [4.78, 5) is 16.6. The van der Waals surface area contributed by atoms with Crippen molar-refractivity contribution in [2.24, 2.45) is 11.7 Å². The van der Waals surface area contributed by atoms with Crippen LogP contribution in [0.15, 0.2) is 18.2 Å². The van der Waals surface area contributed by atoms with Crippen LogP contribution in [0.4, 0.5) is 0 Å². The monoisotopic (exact) mass is 353 g/mol. The number of rotatable bonds is 6. The lowest BCUT2D eigenvalue weighted by molar-refractivity contribution is -0.134. The summed E-state index contributed by atoms with van der Waals surface area (Å²) in [5.41, 5.74) is 7.10. The molecule has 0 aromatic heterocycles. The number of piperazine rings is 1. The maximum atomic E-state index is 12.4. The van der Waals surface area contributed by atoms with Crippen molar-refractivity contribution in [3.05, 3.63) is 28.8 Å². The molecule has 1 aliphatic heterocycles. The predicted octanol–water partition coefficient (Wildman–Crippen LogP) is 2.37. The Balaban J connectivity index is 1.89. The molecule has 1 atom stereocenters. The molecule has 1 aromatic rings. The van der Waals surface area contributed by atoms with Crippen LogP contribution in [0, 0.1) is 5.92 Å². The summed E-state index contributed by atoms with van der Waals surface area (Å²) in [6, 6.07) is 5.28. The average molecular weight is 354 g/mol. The minimum Gasteiger partial charge on any atom is -0.496 e. The summed E-state index contributed by atoms with van der Waals surface area (Å²) in [6.07, 6.45) is 0.735. The molecule has 6 heteroatoms. The minimum absolute atomic E-state index is 0.0729. The fourth-order valence-electron chi connectivity index (χ4n) is 3.08. The van der Waals surface area contributed by atoms with E-state index < -0.39 is 0 Å². The van der Waals surface area contributed by atoms with Crippen molar-refractivity contribution in [2.75, 3.05) is 33.3 Å². The first-order chi connectivity index (χ1) is 11.4. The van der Waals surface area contributed by atoms with E-state index >= 15 is 0 Å². The molecule has 134 valence electrons. The number of carbonyl (C=O) groups excluding carboxylic acids is 1. The molecule has 1 heterocycles. The molecule has 1 saturated heterocycles. The lowest BCUT2D eigenvalue weighted by Gasteiger charge is -2.36. The third-order valence-electron chi connectivity index (χ3n) is 4.36. The van der Waals surface area contributed by atoms with Gasteiger partial charge in [-0.2, -0.15) is 0 Å². The summed E-state index contributed by atoms with van der Waals surface area (Å²) < 4.78 is 5.40. The van der Waals surface area contributed by atoms with Gasteiger partial charge in [-0.3, -0.25) is 9.69 Å². The van der Waals surface area contributed by atoms with Crippen molar-refractivity contribution in [1.82, 2.24) is 9.80 Å². The molecular formula is C18H28ClN3O2. The number of nitrogens with two attached hydrogens (primary N) is 1. The molecule has 0 unspecified atom stereocenters. The number of hydrogen-bond donors (Lipinski definition) is 1. The van der Waals surface area contributed by atoms with Crippen molar-refractivity contribution in [3.8, 4) is 5.75 Å². The van der Waals surface area contributed by atoms with Crippen molar-refractivity contribution in [1.29, 1.82) is 0 Å². The predicted molar refractivity (Wildman–Crippen MR) is 97.3 cm³/mol. The van der Waals surface area contributed by atoms with Crippen molar-refractivity contribution in [2.45, 2.75) is 32.9 Å². The smallest absolute Gasteiger partial charge is 0.239 e. The SMILES string of the molecule is COc1ccc(Cl)cc1CN1CCN(C(=O)[C@@H](N)CC(C)C)CC1. The Morgan fingerprint density at radius 1 is 1.29 bits per heavy atom. The number of ether oxygens (including phenoxy) is 1. The third kappa shape index (κ3) is 5.10. The Labute approximate surface area is 149 Å². The Bertz CT molecular complexity index is 557. The van der Waals surface area contributed by atoms with Crippen LogP contribution < -0.4 is 10.5 Å². The highest BCUT2D eigenvalue weighted by Gasteiger charge is 2.26. The van der Waals surface area contributed by atoms with Gasteiger partial charge in [0.2, 0.25) is 5.91 Å². The van der Waals surface area contributed by atoms with Gasteiger partial charge in [-0.25, -0.2) is 0 Å². The van der Waals surface area contributed by atoms with E-state index in [2.05, 4.69) is 18.7 Å². The molecule has 0 spiro atoms. The molecule has 1 aliphatic rings. The van der Waals surface area contributed by atoms with Crippen LogP contribution in [0.25, 0.3) is 0 Å². The van der Waals surface area contributed by atoms with Crippen LogP contribution in [-0.2, 0) is 11.3 Å². The highest BCUT2D eigenvalue weighted by molar-refractivity contribution is 6.30. The molecule has 5 nitrogen and oxygen atoms in total. The molecule has 2 N–H and O–H groups in total. The molecule has 1 aromatic carbocycles. The second-order valence-electron chi connectivity index (χ2n) is 6.79.